The molecule has 2 heteroatoms. The molecule has 60 heavy (non-hydrogen) atoms. The van der Waals surface area contributed by atoms with Gasteiger partial charge < -0.3 is 9.13 Å². The number of allylic oxidation sites excluding steroid dienone is 4. The zero-order chi connectivity index (χ0) is 40.7. The second kappa shape index (κ2) is 15.4. The Morgan fingerprint density at radius 3 is 1.63 bits per heavy atom. The van der Waals surface area contributed by atoms with Crippen LogP contribution in [0.3, 0.4) is 0 Å². The van der Waals surface area contributed by atoms with Gasteiger partial charge in [0.05, 0.1) is 22.1 Å². The first kappa shape index (κ1) is 36.9. The van der Waals surface area contributed by atoms with Crippen molar-refractivity contribution < 1.29 is 0 Å². The molecule has 0 bridgehead atoms. The fraction of sp³-hybridized carbons (Fsp3) is 0.0690. The lowest BCUT2D eigenvalue weighted by molar-refractivity contribution is 0.931. The van der Waals surface area contributed by atoms with Gasteiger partial charge in [-0.15, -0.1) is 0 Å². The summed E-state index contributed by atoms with van der Waals surface area (Å²) in [6.45, 7) is 12.9. The molecule has 8 aromatic carbocycles. The molecule has 0 aliphatic rings. The summed E-state index contributed by atoms with van der Waals surface area (Å²) in [6.07, 6.45) is 7.79. The third kappa shape index (κ3) is 6.12. The van der Waals surface area contributed by atoms with Gasteiger partial charge in [0.15, 0.2) is 0 Å². The Morgan fingerprint density at radius 2 is 1.03 bits per heavy atom. The van der Waals surface area contributed by atoms with Crippen LogP contribution < -0.4 is 0 Å². The van der Waals surface area contributed by atoms with Crippen LogP contribution in [0.25, 0.3) is 99.5 Å². The van der Waals surface area contributed by atoms with Gasteiger partial charge in [-0.2, -0.15) is 0 Å². The monoisotopic (exact) mass is 770 g/mol. The van der Waals surface area contributed by atoms with Crippen molar-refractivity contribution in [2.24, 2.45) is 0 Å². The Balaban J connectivity index is 1.27. The molecule has 10 aromatic rings. The van der Waals surface area contributed by atoms with Crippen molar-refractivity contribution in [3.63, 3.8) is 0 Å². The number of aromatic nitrogens is 2. The fourth-order valence-electron chi connectivity index (χ4n) is 9.51. The number of nitrogens with zero attached hydrogens (tertiary/aromatic N) is 2. The number of fused-ring (bicyclic) bond motifs is 6. The summed E-state index contributed by atoms with van der Waals surface area (Å²) >= 11 is 0. The maximum atomic E-state index is 4.22. The van der Waals surface area contributed by atoms with Crippen molar-refractivity contribution in [2.45, 2.75) is 26.7 Å². The first-order valence-electron chi connectivity index (χ1n) is 21.0. The molecular weight excluding hydrogens is 725 g/mol. The molecule has 0 atom stereocenters. The van der Waals surface area contributed by atoms with E-state index in [1.807, 2.05) is 18.2 Å². The average molecular weight is 771 g/mol. The highest BCUT2D eigenvalue weighted by molar-refractivity contribution is 6.17. The summed E-state index contributed by atoms with van der Waals surface area (Å²) in [5, 5.41) is 5.08. The number of rotatable bonds is 10. The molecular formula is C58H46N2. The summed E-state index contributed by atoms with van der Waals surface area (Å²) in [5.74, 6) is 0. The van der Waals surface area contributed by atoms with E-state index >= 15 is 0 Å². The van der Waals surface area contributed by atoms with E-state index in [1.54, 1.807) is 0 Å². The SMILES string of the molecule is C=C/C=C(\C=C)n1c2ccc(-c3ccccc3)cc2c2c(C)c(-c3ccc4c(c3CCC)c3cc(-c5ccccc5)ccc3n4-c3cccc(-c4ccccc4)c3)ccc21. The van der Waals surface area contributed by atoms with Crippen LogP contribution in [0.5, 0.6) is 0 Å². The predicted octanol–water partition coefficient (Wildman–Crippen LogP) is 16.0. The minimum atomic E-state index is 0.950. The summed E-state index contributed by atoms with van der Waals surface area (Å²) < 4.78 is 4.82. The van der Waals surface area contributed by atoms with E-state index in [0.717, 1.165) is 35.3 Å². The summed E-state index contributed by atoms with van der Waals surface area (Å²) in [7, 11) is 0. The molecule has 10 rings (SSSR count). The van der Waals surface area contributed by atoms with Gasteiger partial charge in [-0.25, -0.2) is 0 Å². The number of hydrogen-bond donors (Lipinski definition) is 0. The zero-order valence-corrected chi connectivity index (χ0v) is 34.2. The van der Waals surface area contributed by atoms with Crippen LogP contribution >= 0.6 is 0 Å². The highest BCUT2D eigenvalue weighted by atomic mass is 15.0. The van der Waals surface area contributed by atoms with Gasteiger partial charge in [-0.3, -0.25) is 0 Å². The van der Waals surface area contributed by atoms with E-state index in [1.165, 1.54) is 88.2 Å². The molecule has 0 saturated heterocycles. The summed E-state index contributed by atoms with van der Waals surface area (Å²) in [4.78, 5) is 0. The van der Waals surface area contributed by atoms with Crippen LogP contribution in [0.4, 0.5) is 0 Å². The standard InChI is InChI=1S/C58H46N2/c1-5-18-46(7-3)59-53-32-28-44(41-22-13-9-14-23-41)37-51(53)57-39(4)48(30-34-55(57)59)49-31-35-56-58(50(49)19-6-2)52-38-45(42-24-15-10-16-25-42)29-33-54(52)60(56)47-27-17-26-43(36-47)40-20-11-8-12-21-40/h5,7-18,20-38H,1,3,6,19H2,2,4H3/b46-18+. The highest BCUT2D eigenvalue weighted by Crippen LogP contribution is 2.45. The Hall–Kier alpha value is -7.42. The van der Waals surface area contributed by atoms with Gasteiger partial charge in [0.1, 0.15) is 0 Å². The normalized spacial score (nSPS) is 11.9. The average Bonchev–Trinajstić information content (AvgIpc) is 3.82. The molecule has 0 amide bonds. The lowest BCUT2D eigenvalue weighted by atomic mass is 9.88. The van der Waals surface area contributed by atoms with Crippen molar-refractivity contribution in [2.75, 3.05) is 0 Å². The van der Waals surface area contributed by atoms with E-state index in [4.69, 9.17) is 0 Å². The number of benzene rings is 8. The quantitative estimate of drug-likeness (QED) is 0.123. The van der Waals surface area contributed by atoms with Crippen molar-refractivity contribution in [1.29, 1.82) is 0 Å². The summed E-state index contributed by atoms with van der Waals surface area (Å²) in [5.41, 5.74) is 19.4. The van der Waals surface area contributed by atoms with Crippen molar-refractivity contribution in [3.05, 3.63) is 218 Å². The Bertz CT molecular complexity index is 3290. The van der Waals surface area contributed by atoms with Crippen LogP contribution in [-0.2, 0) is 6.42 Å². The van der Waals surface area contributed by atoms with Crippen molar-refractivity contribution in [3.8, 4) is 50.2 Å². The van der Waals surface area contributed by atoms with Crippen molar-refractivity contribution in [1.82, 2.24) is 9.13 Å². The molecule has 288 valence electrons. The van der Waals surface area contributed by atoms with E-state index in [9.17, 15) is 0 Å². The highest BCUT2D eigenvalue weighted by Gasteiger charge is 2.23. The van der Waals surface area contributed by atoms with Gasteiger partial charge in [-0.1, -0.05) is 160 Å². The fourth-order valence-corrected chi connectivity index (χ4v) is 9.51. The molecule has 0 fully saturated rings. The molecule has 0 aliphatic carbocycles. The second-order valence-electron chi connectivity index (χ2n) is 15.7. The first-order chi connectivity index (χ1) is 29.6. The third-order valence-electron chi connectivity index (χ3n) is 12.2. The second-order valence-corrected chi connectivity index (χ2v) is 15.7. The Morgan fingerprint density at radius 1 is 0.500 bits per heavy atom. The van der Waals surface area contributed by atoms with E-state index < -0.39 is 0 Å². The number of hydrogen-bond acceptors (Lipinski definition) is 0. The van der Waals surface area contributed by atoms with Gasteiger partial charge in [0.25, 0.3) is 0 Å². The van der Waals surface area contributed by atoms with Gasteiger partial charge in [0, 0.05) is 32.9 Å². The molecule has 0 radical (unpaired) electrons. The molecule has 2 nitrogen and oxygen atoms in total. The molecule has 2 aromatic heterocycles. The minimum absolute atomic E-state index is 0.950. The lowest BCUT2D eigenvalue weighted by Gasteiger charge is -2.16. The maximum absolute atomic E-state index is 4.22. The predicted molar refractivity (Wildman–Crippen MR) is 259 cm³/mol. The largest absolute Gasteiger partial charge is 0.309 e. The van der Waals surface area contributed by atoms with E-state index in [0.29, 0.717) is 0 Å². The third-order valence-corrected chi connectivity index (χ3v) is 12.2. The Labute approximate surface area is 352 Å². The van der Waals surface area contributed by atoms with E-state index in [-0.39, 0.29) is 0 Å². The topological polar surface area (TPSA) is 9.86 Å². The first-order valence-corrected chi connectivity index (χ1v) is 21.0. The van der Waals surface area contributed by atoms with Crippen LogP contribution in [0, 0.1) is 6.92 Å². The van der Waals surface area contributed by atoms with Crippen LogP contribution in [0.1, 0.15) is 24.5 Å². The minimum Gasteiger partial charge on any atom is -0.309 e. The molecule has 0 saturated carbocycles. The van der Waals surface area contributed by atoms with Crippen LogP contribution in [-0.4, -0.2) is 9.13 Å². The van der Waals surface area contributed by atoms with Crippen LogP contribution in [0.15, 0.2) is 207 Å². The maximum Gasteiger partial charge on any atom is 0.0544 e. The van der Waals surface area contributed by atoms with Crippen molar-refractivity contribution >= 4 is 49.3 Å². The van der Waals surface area contributed by atoms with Gasteiger partial charge in [-0.05, 0) is 130 Å². The smallest absolute Gasteiger partial charge is 0.0544 e. The molecule has 0 spiro atoms. The van der Waals surface area contributed by atoms with Gasteiger partial charge in [0.2, 0.25) is 0 Å². The number of aryl methyl sites for hydroxylation is 2. The zero-order valence-electron chi connectivity index (χ0n) is 34.2. The molecule has 0 aliphatic heterocycles. The lowest BCUT2D eigenvalue weighted by Crippen LogP contribution is -1.97. The molecule has 0 N–H and O–H groups in total. The van der Waals surface area contributed by atoms with E-state index in [2.05, 4.69) is 212 Å². The van der Waals surface area contributed by atoms with Gasteiger partial charge >= 0.3 is 0 Å². The molecule has 0 unspecified atom stereocenters. The molecule has 2 heterocycles. The van der Waals surface area contributed by atoms with Crippen LogP contribution in [0.2, 0.25) is 0 Å². The summed E-state index contributed by atoms with van der Waals surface area (Å²) in [6, 6.07) is 64.4. The Kier molecular flexibility index (Phi) is 9.47.